The largest absolute Gasteiger partial charge is 0.294 e. The van der Waals surface area contributed by atoms with E-state index in [0.29, 0.717) is 13.0 Å². The van der Waals surface area contributed by atoms with Crippen LogP contribution in [-0.2, 0) is 0 Å². The Kier molecular flexibility index (Phi) is 4.70. The minimum atomic E-state index is 0.224. The topological polar surface area (TPSA) is 76.9 Å². The number of hydrogen-bond acceptors (Lipinski definition) is 3. The van der Waals surface area contributed by atoms with Gasteiger partial charge in [-0.15, -0.1) is 0 Å². The molecule has 0 atom stereocenters. The Morgan fingerprint density at radius 2 is 1.86 bits per heavy atom. The van der Waals surface area contributed by atoms with E-state index in [1.54, 1.807) is 0 Å². The molecule has 0 fully saturated rings. The highest BCUT2D eigenvalue weighted by molar-refractivity contribution is 6.02. The molecule has 21 heavy (non-hydrogen) atoms. The van der Waals surface area contributed by atoms with Crippen molar-refractivity contribution in [3.8, 4) is 17.2 Å². The molecule has 0 spiro atoms. The van der Waals surface area contributed by atoms with Crippen molar-refractivity contribution < 1.29 is 0 Å². The zero-order valence-electron chi connectivity index (χ0n) is 12.0. The summed E-state index contributed by atoms with van der Waals surface area (Å²) >= 11 is 0. The minimum absolute atomic E-state index is 0.224. The summed E-state index contributed by atoms with van der Waals surface area (Å²) in [7, 11) is 0. The fourth-order valence-electron chi connectivity index (χ4n) is 2.11. The van der Waals surface area contributed by atoms with E-state index in [4.69, 9.17) is 16.5 Å². The third-order valence-corrected chi connectivity index (χ3v) is 3.30. The highest BCUT2D eigenvalue weighted by Crippen LogP contribution is 2.24. The SMILES string of the molecule is Cc1ccc(-c2ccccc2C(=N)N(N)CCC#N)cc1. The van der Waals surface area contributed by atoms with Crippen LogP contribution >= 0.6 is 0 Å². The van der Waals surface area contributed by atoms with E-state index in [9.17, 15) is 0 Å². The van der Waals surface area contributed by atoms with E-state index in [1.165, 1.54) is 10.6 Å². The number of nitriles is 1. The van der Waals surface area contributed by atoms with Crippen molar-refractivity contribution >= 4 is 5.84 Å². The number of nitrogens with two attached hydrogens (primary N) is 1. The normalized spacial score (nSPS) is 9.95. The maximum absolute atomic E-state index is 8.62. The zero-order valence-corrected chi connectivity index (χ0v) is 12.0. The Labute approximate surface area is 124 Å². The average molecular weight is 278 g/mol. The molecular weight excluding hydrogens is 260 g/mol. The second-order valence-corrected chi connectivity index (χ2v) is 4.86. The van der Waals surface area contributed by atoms with E-state index >= 15 is 0 Å². The number of benzene rings is 2. The standard InChI is InChI=1S/C17H18N4/c1-13-7-9-14(10-8-13)15-5-2-3-6-16(15)17(19)21(20)12-4-11-18/h2-3,5-10,19H,4,12,20H2,1H3. The average Bonchev–Trinajstić information content (AvgIpc) is 2.52. The van der Waals surface area contributed by atoms with Crippen molar-refractivity contribution in [2.24, 2.45) is 5.84 Å². The monoisotopic (exact) mass is 278 g/mol. The number of nitrogens with one attached hydrogen (secondary N) is 1. The summed E-state index contributed by atoms with van der Waals surface area (Å²) in [6, 6.07) is 17.9. The van der Waals surface area contributed by atoms with E-state index in [0.717, 1.165) is 16.7 Å². The van der Waals surface area contributed by atoms with E-state index < -0.39 is 0 Å². The molecule has 3 N–H and O–H groups in total. The van der Waals surface area contributed by atoms with Gasteiger partial charge in [-0.3, -0.25) is 10.4 Å². The van der Waals surface area contributed by atoms with Crippen molar-refractivity contribution in [1.82, 2.24) is 5.01 Å². The number of hydrazine groups is 1. The van der Waals surface area contributed by atoms with Crippen LogP contribution < -0.4 is 5.84 Å². The maximum atomic E-state index is 8.62. The molecule has 0 heterocycles. The molecule has 0 aliphatic carbocycles. The fraction of sp³-hybridized carbons (Fsp3) is 0.176. The van der Waals surface area contributed by atoms with Gasteiger partial charge in [0.15, 0.2) is 0 Å². The summed E-state index contributed by atoms with van der Waals surface area (Å²) in [5, 5.41) is 18.2. The van der Waals surface area contributed by atoms with E-state index in [-0.39, 0.29) is 5.84 Å². The predicted octanol–water partition coefficient (Wildman–Crippen LogP) is 3.08. The lowest BCUT2D eigenvalue weighted by atomic mass is 9.98. The molecule has 0 radical (unpaired) electrons. The van der Waals surface area contributed by atoms with E-state index in [2.05, 4.69) is 0 Å². The van der Waals surface area contributed by atoms with Crippen LogP contribution in [0.5, 0.6) is 0 Å². The van der Waals surface area contributed by atoms with Gasteiger partial charge >= 0.3 is 0 Å². The van der Waals surface area contributed by atoms with Crippen molar-refractivity contribution in [2.45, 2.75) is 13.3 Å². The van der Waals surface area contributed by atoms with Crippen LogP contribution in [0.15, 0.2) is 48.5 Å². The molecule has 0 saturated carbocycles. The van der Waals surface area contributed by atoms with Crippen LogP contribution in [0.4, 0.5) is 0 Å². The van der Waals surface area contributed by atoms with Gasteiger partial charge in [0, 0.05) is 12.1 Å². The summed E-state index contributed by atoms with van der Waals surface area (Å²) in [6.45, 7) is 2.39. The first kappa shape index (κ1) is 14.8. The third-order valence-electron chi connectivity index (χ3n) is 3.30. The molecule has 2 aromatic rings. The Morgan fingerprint density at radius 1 is 1.19 bits per heavy atom. The number of hydrogen-bond donors (Lipinski definition) is 2. The van der Waals surface area contributed by atoms with Crippen molar-refractivity contribution in [3.63, 3.8) is 0 Å². The summed E-state index contributed by atoms with van der Waals surface area (Å²) < 4.78 is 0. The molecular formula is C17H18N4. The first-order valence-electron chi connectivity index (χ1n) is 6.77. The number of rotatable bonds is 4. The van der Waals surface area contributed by atoms with Crippen molar-refractivity contribution in [2.75, 3.05) is 6.54 Å². The summed E-state index contributed by atoms with van der Waals surface area (Å²) in [5.41, 5.74) is 3.98. The number of nitrogens with zero attached hydrogens (tertiary/aromatic N) is 2. The van der Waals surface area contributed by atoms with Crippen LogP contribution in [-0.4, -0.2) is 17.4 Å². The molecule has 4 heteroatoms. The molecule has 0 unspecified atom stereocenters. The van der Waals surface area contributed by atoms with Gasteiger partial charge in [-0.1, -0.05) is 54.1 Å². The van der Waals surface area contributed by atoms with Gasteiger partial charge in [-0.2, -0.15) is 5.26 Å². The molecule has 2 aromatic carbocycles. The summed E-state index contributed by atoms with van der Waals surface area (Å²) in [6.07, 6.45) is 0.297. The first-order valence-corrected chi connectivity index (χ1v) is 6.77. The zero-order chi connectivity index (χ0) is 15.2. The van der Waals surface area contributed by atoms with Gasteiger partial charge in [0.25, 0.3) is 0 Å². The first-order chi connectivity index (χ1) is 10.1. The van der Waals surface area contributed by atoms with Crippen LogP contribution in [0.3, 0.4) is 0 Å². The van der Waals surface area contributed by atoms with Gasteiger partial charge in [-0.05, 0) is 18.1 Å². The van der Waals surface area contributed by atoms with Crippen LogP contribution in [0.2, 0.25) is 0 Å². The van der Waals surface area contributed by atoms with Gasteiger partial charge < -0.3 is 0 Å². The second kappa shape index (κ2) is 6.69. The molecule has 0 bridgehead atoms. The predicted molar refractivity (Wildman–Crippen MR) is 84.6 cm³/mol. The van der Waals surface area contributed by atoms with Gasteiger partial charge in [-0.25, -0.2) is 5.84 Å². The Hall–Kier alpha value is -2.64. The van der Waals surface area contributed by atoms with Gasteiger partial charge in [0.2, 0.25) is 0 Å². The second-order valence-electron chi connectivity index (χ2n) is 4.86. The molecule has 106 valence electrons. The molecule has 0 saturated heterocycles. The summed E-state index contributed by atoms with van der Waals surface area (Å²) in [4.78, 5) is 0. The van der Waals surface area contributed by atoms with Gasteiger partial charge in [0.05, 0.1) is 12.5 Å². The Bertz CT molecular complexity index is 668. The highest BCUT2D eigenvalue weighted by Gasteiger charge is 2.13. The van der Waals surface area contributed by atoms with Crippen molar-refractivity contribution in [1.29, 1.82) is 10.7 Å². The van der Waals surface area contributed by atoms with E-state index in [1.807, 2.05) is 61.5 Å². The number of amidine groups is 1. The smallest absolute Gasteiger partial charge is 0.142 e. The molecule has 0 aromatic heterocycles. The fourth-order valence-corrected chi connectivity index (χ4v) is 2.11. The minimum Gasteiger partial charge on any atom is -0.294 e. The molecule has 0 aliphatic heterocycles. The molecule has 2 rings (SSSR count). The Morgan fingerprint density at radius 3 is 2.52 bits per heavy atom. The van der Waals surface area contributed by atoms with Crippen molar-refractivity contribution in [3.05, 3.63) is 59.7 Å². The highest BCUT2D eigenvalue weighted by atomic mass is 15.4. The quantitative estimate of drug-likeness (QED) is 0.390. The lowest BCUT2D eigenvalue weighted by Crippen LogP contribution is -2.38. The lowest BCUT2D eigenvalue weighted by molar-refractivity contribution is 0.448. The third kappa shape index (κ3) is 3.47. The summed E-state index contributed by atoms with van der Waals surface area (Å²) in [5.74, 6) is 6.09. The molecule has 0 aliphatic rings. The Balaban J connectivity index is 2.35. The van der Waals surface area contributed by atoms with Gasteiger partial charge in [0.1, 0.15) is 5.84 Å². The van der Waals surface area contributed by atoms with Crippen LogP contribution in [0.25, 0.3) is 11.1 Å². The van der Waals surface area contributed by atoms with Crippen LogP contribution in [0, 0.1) is 23.7 Å². The lowest BCUT2D eigenvalue weighted by Gasteiger charge is -2.20. The maximum Gasteiger partial charge on any atom is 0.142 e. The number of aryl methyl sites for hydroxylation is 1. The van der Waals surface area contributed by atoms with Crippen LogP contribution in [0.1, 0.15) is 17.5 Å². The molecule has 0 amide bonds. The molecule has 4 nitrogen and oxygen atoms in total.